The molecule has 0 saturated carbocycles. The van der Waals surface area contributed by atoms with E-state index in [2.05, 4.69) is 4.74 Å². The molecular weight excluding hydrogens is 250 g/mol. The highest BCUT2D eigenvalue weighted by Gasteiger charge is 2.36. The van der Waals surface area contributed by atoms with Gasteiger partial charge in [0.25, 0.3) is 0 Å². The van der Waals surface area contributed by atoms with Crippen LogP contribution in [-0.2, 0) is 19.1 Å². The van der Waals surface area contributed by atoms with Crippen molar-refractivity contribution in [2.45, 2.75) is 52.2 Å². The lowest BCUT2D eigenvalue weighted by Gasteiger charge is -2.27. The number of ether oxygens (including phenoxy) is 2. The molecule has 1 unspecified atom stereocenters. The summed E-state index contributed by atoms with van der Waals surface area (Å²) in [5, 5.41) is 0. The average molecular weight is 271 g/mol. The van der Waals surface area contributed by atoms with E-state index in [1.165, 1.54) is 11.8 Å². The number of hydrogen-bond donors (Lipinski definition) is 0. The minimum atomic E-state index is -0.594. The van der Waals surface area contributed by atoms with Crippen LogP contribution in [0.4, 0.5) is 4.79 Å². The average Bonchev–Trinajstić information content (AvgIpc) is 2.72. The SMILES string of the molecule is CC(=O)OCC(=O)C1CCCN1C(=O)OC(C)(C)C. The van der Waals surface area contributed by atoms with E-state index < -0.39 is 23.7 Å². The van der Waals surface area contributed by atoms with Crippen LogP contribution >= 0.6 is 0 Å². The van der Waals surface area contributed by atoms with E-state index >= 15 is 0 Å². The van der Waals surface area contributed by atoms with E-state index in [1.807, 2.05) is 0 Å². The summed E-state index contributed by atoms with van der Waals surface area (Å²) < 4.78 is 9.93. The number of hydrogen-bond acceptors (Lipinski definition) is 5. The molecule has 0 aliphatic carbocycles. The third-order valence-electron chi connectivity index (χ3n) is 2.67. The molecule has 1 amide bonds. The quantitative estimate of drug-likeness (QED) is 0.728. The lowest BCUT2D eigenvalue weighted by molar-refractivity contribution is -0.146. The van der Waals surface area contributed by atoms with Gasteiger partial charge < -0.3 is 9.47 Å². The second kappa shape index (κ2) is 6.04. The summed E-state index contributed by atoms with van der Waals surface area (Å²) in [6.07, 6.45) is 0.834. The first-order valence-corrected chi connectivity index (χ1v) is 6.36. The summed E-state index contributed by atoms with van der Waals surface area (Å²) in [5.74, 6) is -0.770. The third kappa shape index (κ3) is 4.89. The maximum atomic E-state index is 12.0. The van der Waals surface area contributed by atoms with Gasteiger partial charge in [-0.3, -0.25) is 14.5 Å². The van der Waals surface area contributed by atoms with Crippen molar-refractivity contribution in [2.24, 2.45) is 0 Å². The number of amides is 1. The van der Waals surface area contributed by atoms with E-state index in [0.29, 0.717) is 13.0 Å². The lowest BCUT2D eigenvalue weighted by Crippen LogP contribution is -2.44. The Balaban J connectivity index is 2.60. The molecule has 1 fully saturated rings. The van der Waals surface area contributed by atoms with E-state index in [9.17, 15) is 14.4 Å². The highest BCUT2D eigenvalue weighted by molar-refractivity contribution is 5.90. The Morgan fingerprint density at radius 3 is 2.42 bits per heavy atom. The number of Topliss-reactive ketones (excluding diaryl/α,β-unsaturated/α-hetero) is 1. The standard InChI is InChI=1S/C13H21NO5/c1-9(15)18-8-11(16)10-6-5-7-14(10)12(17)19-13(2,3)4/h10H,5-8H2,1-4H3. The first-order valence-electron chi connectivity index (χ1n) is 6.36. The molecule has 1 aliphatic rings. The van der Waals surface area contributed by atoms with E-state index in [0.717, 1.165) is 6.42 Å². The van der Waals surface area contributed by atoms with Gasteiger partial charge in [0.1, 0.15) is 5.60 Å². The fraction of sp³-hybridized carbons (Fsp3) is 0.769. The Kier molecular flexibility index (Phi) is 4.91. The minimum Gasteiger partial charge on any atom is -0.458 e. The van der Waals surface area contributed by atoms with Crippen molar-refractivity contribution >= 4 is 17.8 Å². The largest absolute Gasteiger partial charge is 0.458 e. The third-order valence-corrected chi connectivity index (χ3v) is 2.67. The number of ketones is 1. The zero-order chi connectivity index (χ0) is 14.6. The fourth-order valence-electron chi connectivity index (χ4n) is 1.91. The first kappa shape index (κ1) is 15.5. The van der Waals surface area contributed by atoms with E-state index in [1.54, 1.807) is 20.8 Å². The zero-order valence-electron chi connectivity index (χ0n) is 11.9. The van der Waals surface area contributed by atoms with Crippen molar-refractivity contribution < 1.29 is 23.9 Å². The summed E-state index contributed by atoms with van der Waals surface area (Å²) in [6.45, 7) is 6.77. The van der Waals surface area contributed by atoms with Gasteiger partial charge in [0.15, 0.2) is 12.4 Å². The van der Waals surface area contributed by atoms with Crippen LogP contribution in [0.5, 0.6) is 0 Å². The molecule has 0 radical (unpaired) electrons. The smallest absolute Gasteiger partial charge is 0.410 e. The summed E-state index contributed by atoms with van der Waals surface area (Å²) in [7, 11) is 0. The molecule has 1 rings (SSSR count). The molecule has 1 aliphatic heterocycles. The van der Waals surface area contributed by atoms with Crippen LogP contribution in [0.15, 0.2) is 0 Å². The van der Waals surface area contributed by atoms with Crippen LogP contribution in [0.25, 0.3) is 0 Å². The van der Waals surface area contributed by atoms with Crippen LogP contribution < -0.4 is 0 Å². The Hall–Kier alpha value is -1.59. The number of nitrogens with zero attached hydrogens (tertiary/aromatic N) is 1. The molecule has 0 aromatic carbocycles. The van der Waals surface area contributed by atoms with Gasteiger partial charge in [-0.15, -0.1) is 0 Å². The number of esters is 1. The summed E-state index contributed by atoms with van der Waals surface area (Å²) >= 11 is 0. The lowest BCUT2D eigenvalue weighted by atomic mass is 10.1. The molecule has 1 saturated heterocycles. The Morgan fingerprint density at radius 2 is 1.89 bits per heavy atom. The van der Waals surface area contributed by atoms with Gasteiger partial charge >= 0.3 is 12.1 Å². The van der Waals surface area contributed by atoms with Crippen LogP contribution in [-0.4, -0.2) is 47.5 Å². The Morgan fingerprint density at radius 1 is 1.26 bits per heavy atom. The molecule has 108 valence electrons. The predicted molar refractivity (Wildman–Crippen MR) is 67.6 cm³/mol. The van der Waals surface area contributed by atoms with Crippen molar-refractivity contribution in [1.82, 2.24) is 4.90 Å². The molecule has 0 spiro atoms. The van der Waals surface area contributed by atoms with Crippen molar-refractivity contribution in [1.29, 1.82) is 0 Å². The van der Waals surface area contributed by atoms with Crippen LogP contribution in [0, 0.1) is 0 Å². The normalized spacial score (nSPS) is 19.2. The second-order valence-corrected chi connectivity index (χ2v) is 5.58. The molecule has 0 aromatic heterocycles. The summed E-state index contributed by atoms with van der Waals surface area (Å²) in [4.78, 5) is 36.0. The molecule has 0 bridgehead atoms. The molecule has 0 aromatic rings. The molecular formula is C13H21NO5. The van der Waals surface area contributed by atoms with Gasteiger partial charge in [0.05, 0.1) is 6.04 Å². The molecule has 0 N–H and O–H groups in total. The predicted octanol–water partition coefficient (Wildman–Crippen LogP) is 1.52. The van der Waals surface area contributed by atoms with Gasteiger partial charge in [-0.2, -0.15) is 0 Å². The molecule has 6 heteroatoms. The van der Waals surface area contributed by atoms with E-state index in [-0.39, 0.29) is 12.4 Å². The molecule has 1 atom stereocenters. The zero-order valence-corrected chi connectivity index (χ0v) is 11.9. The van der Waals surface area contributed by atoms with Gasteiger partial charge in [-0.25, -0.2) is 4.79 Å². The molecule has 1 heterocycles. The topological polar surface area (TPSA) is 72.9 Å². The maximum absolute atomic E-state index is 12.0. The highest BCUT2D eigenvalue weighted by atomic mass is 16.6. The Bertz CT molecular complexity index is 372. The van der Waals surface area contributed by atoms with Gasteiger partial charge in [0.2, 0.25) is 0 Å². The number of carbonyl (C=O) groups excluding carboxylic acids is 3. The summed E-state index contributed by atoms with van der Waals surface area (Å²) in [5.41, 5.74) is -0.594. The first-order chi connectivity index (χ1) is 8.70. The molecule has 6 nitrogen and oxygen atoms in total. The number of rotatable bonds is 3. The summed E-state index contributed by atoms with van der Waals surface area (Å²) in [6, 6.07) is -0.547. The number of likely N-dealkylation sites (tertiary alicyclic amines) is 1. The van der Waals surface area contributed by atoms with Gasteiger partial charge in [-0.05, 0) is 33.6 Å². The highest BCUT2D eigenvalue weighted by Crippen LogP contribution is 2.21. The fourth-order valence-corrected chi connectivity index (χ4v) is 1.91. The van der Waals surface area contributed by atoms with Crippen LogP contribution in [0.1, 0.15) is 40.5 Å². The van der Waals surface area contributed by atoms with Crippen LogP contribution in [0.3, 0.4) is 0 Å². The minimum absolute atomic E-state index is 0.265. The Labute approximate surface area is 113 Å². The van der Waals surface area contributed by atoms with Crippen molar-refractivity contribution in [3.05, 3.63) is 0 Å². The van der Waals surface area contributed by atoms with Crippen molar-refractivity contribution in [3.63, 3.8) is 0 Å². The maximum Gasteiger partial charge on any atom is 0.410 e. The van der Waals surface area contributed by atoms with Gasteiger partial charge in [-0.1, -0.05) is 0 Å². The van der Waals surface area contributed by atoms with Crippen LogP contribution in [0.2, 0.25) is 0 Å². The number of carbonyl (C=O) groups is 3. The van der Waals surface area contributed by atoms with Crippen molar-refractivity contribution in [2.75, 3.05) is 13.2 Å². The monoisotopic (exact) mass is 271 g/mol. The van der Waals surface area contributed by atoms with Gasteiger partial charge in [0, 0.05) is 13.5 Å². The van der Waals surface area contributed by atoms with Crippen molar-refractivity contribution in [3.8, 4) is 0 Å². The second-order valence-electron chi connectivity index (χ2n) is 5.58. The van der Waals surface area contributed by atoms with E-state index in [4.69, 9.17) is 4.74 Å². The molecule has 19 heavy (non-hydrogen) atoms.